The van der Waals surface area contributed by atoms with Gasteiger partial charge < -0.3 is 14.4 Å². The highest BCUT2D eigenvalue weighted by Crippen LogP contribution is 2.20. The van der Waals surface area contributed by atoms with Crippen molar-refractivity contribution in [3.8, 4) is 0 Å². The Kier molecular flexibility index (Phi) is 31.4. The molecule has 0 aliphatic carbocycles. The van der Waals surface area contributed by atoms with E-state index in [1.807, 2.05) is 13.8 Å². The maximum absolute atomic E-state index is 12.9. The van der Waals surface area contributed by atoms with E-state index in [2.05, 4.69) is 39.5 Å². The molecule has 0 saturated heterocycles. The average Bonchev–Trinajstić information content (AvgIpc) is 2.97. The third-order valence-corrected chi connectivity index (χ3v) is 6.77. The van der Waals surface area contributed by atoms with E-state index in [1.165, 1.54) is 49.5 Å². The fourth-order valence-electron chi connectivity index (χ4n) is 4.36. The van der Waals surface area contributed by atoms with E-state index < -0.39 is 0 Å². The first-order chi connectivity index (χ1) is 19.5. The van der Waals surface area contributed by atoms with Crippen LogP contribution >= 0.6 is 0 Å². The molecule has 0 saturated carbocycles. The average molecular weight is 566 g/mol. The molecule has 6 nitrogen and oxygen atoms in total. The third-order valence-electron chi connectivity index (χ3n) is 6.77. The molecule has 234 valence electrons. The number of rotatable bonds is 26. The standard InChI is InChI=1S/C32H57NO5.C2H6/c1-5-9-12-15-17-20-23-29(22-19-14-11-7-3)32(36)38-28-26-33(30(34)8-4)25-27-37-31(35)24-21-18-16-13-10-6-2;1-2/h8,10,13,29H,4-7,9,11-12,14-28H2,1-3H3;1-2H3/b13-10-;. The number of carbonyl (C=O) groups excluding carboxylic acids is 3. The van der Waals surface area contributed by atoms with Gasteiger partial charge in [-0.2, -0.15) is 0 Å². The number of allylic oxidation sites excluding steroid dienone is 2. The monoisotopic (exact) mass is 565 g/mol. The Morgan fingerprint density at radius 2 is 1.27 bits per heavy atom. The highest BCUT2D eigenvalue weighted by Gasteiger charge is 2.20. The maximum atomic E-state index is 12.9. The molecular formula is C34H63NO5. The van der Waals surface area contributed by atoms with Gasteiger partial charge in [0.25, 0.3) is 0 Å². The second-order valence-corrected chi connectivity index (χ2v) is 10.1. The van der Waals surface area contributed by atoms with Crippen molar-refractivity contribution in [2.24, 2.45) is 5.92 Å². The first kappa shape index (κ1) is 40.0. The van der Waals surface area contributed by atoms with Gasteiger partial charge in [-0.15, -0.1) is 0 Å². The summed E-state index contributed by atoms with van der Waals surface area (Å²) in [5, 5.41) is 0. The molecule has 0 aromatic heterocycles. The number of nitrogens with zero attached hydrogens (tertiary/aromatic N) is 1. The van der Waals surface area contributed by atoms with Crippen LogP contribution in [0.15, 0.2) is 24.8 Å². The predicted octanol–water partition coefficient (Wildman–Crippen LogP) is 8.98. The Morgan fingerprint density at radius 3 is 1.85 bits per heavy atom. The molecule has 0 heterocycles. The second-order valence-electron chi connectivity index (χ2n) is 10.1. The smallest absolute Gasteiger partial charge is 0.308 e. The summed E-state index contributed by atoms with van der Waals surface area (Å²) in [5.74, 6) is -0.730. The van der Waals surface area contributed by atoms with Crippen LogP contribution in [0.4, 0.5) is 0 Å². The lowest BCUT2D eigenvalue weighted by Gasteiger charge is -2.22. The molecule has 0 N–H and O–H groups in total. The highest BCUT2D eigenvalue weighted by atomic mass is 16.5. The first-order valence-corrected chi connectivity index (χ1v) is 16.4. The fraction of sp³-hybridized carbons (Fsp3) is 0.794. The van der Waals surface area contributed by atoms with Crippen molar-refractivity contribution < 1.29 is 23.9 Å². The fourth-order valence-corrected chi connectivity index (χ4v) is 4.36. The van der Waals surface area contributed by atoms with Gasteiger partial charge in [-0.05, 0) is 44.6 Å². The summed E-state index contributed by atoms with van der Waals surface area (Å²) in [6.07, 6.45) is 23.1. The molecule has 1 unspecified atom stereocenters. The maximum Gasteiger partial charge on any atom is 0.308 e. The van der Waals surface area contributed by atoms with Crippen LogP contribution < -0.4 is 0 Å². The molecule has 0 aliphatic rings. The Balaban J connectivity index is 0. The van der Waals surface area contributed by atoms with E-state index in [-0.39, 0.29) is 50.1 Å². The minimum absolute atomic E-state index is 0.0694. The third kappa shape index (κ3) is 24.9. The van der Waals surface area contributed by atoms with Crippen molar-refractivity contribution >= 4 is 17.8 Å². The van der Waals surface area contributed by atoms with E-state index >= 15 is 0 Å². The lowest BCUT2D eigenvalue weighted by Crippen LogP contribution is -2.36. The molecular weight excluding hydrogens is 502 g/mol. The number of unbranched alkanes of at least 4 members (excludes halogenated alkanes) is 10. The van der Waals surface area contributed by atoms with Gasteiger partial charge in [-0.3, -0.25) is 14.4 Å². The van der Waals surface area contributed by atoms with E-state index in [1.54, 1.807) is 0 Å². The van der Waals surface area contributed by atoms with E-state index in [4.69, 9.17) is 9.47 Å². The van der Waals surface area contributed by atoms with Crippen LogP contribution in [-0.2, 0) is 23.9 Å². The van der Waals surface area contributed by atoms with Crippen LogP contribution in [-0.4, -0.2) is 49.0 Å². The zero-order chi connectivity index (χ0) is 30.3. The van der Waals surface area contributed by atoms with Crippen molar-refractivity contribution in [1.82, 2.24) is 4.90 Å². The largest absolute Gasteiger partial charge is 0.464 e. The molecule has 0 fully saturated rings. The predicted molar refractivity (Wildman–Crippen MR) is 168 cm³/mol. The minimum Gasteiger partial charge on any atom is -0.464 e. The van der Waals surface area contributed by atoms with Gasteiger partial charge in [0.1, 0.15) is 13.2 Å². The second kappa shape index (κ2) is 31.4. The summed E-state index contributed by atoms with van der Waals surface area (Å²) >= 11 is 0. The molecule has 0 aromatic carbocycles. The SMILES string of the molecule is C=CC(=O)N(CCOC(=O)CCCC/C=C\CC)CCOC(=O)C(CCCCCC)CCCCCCCC.CC. The lowest BCUT2D eigenvalue weighted by molar-refractivity contribution is -0.150. The van der Waals surface area contributed by atoms with Gasteiger partial charge in [-0.1, -0.05) is 118 Å². The van der Waals surface area contributed by atoms with Crippen LogP contribution in [0.3, 0.4) is 0 Å². The molecule has 0 rings (SSSR count). The number of amides is 1. The molecule has 6 heteroatoms. The Hall–Kier alpha value is -2.11. The van der Waals surface area contributed by atoms with Crippen LogP contribution in [0.2, 0.25) is 0 Å². The summed E-state index contributed by atoms with van der Waals surface area (Å²) in [6.45, 7) is 14.8. The molecule has 0 aromatic rings. The van der Waals surface area contributed by atoms with Crippen LogP contribution in [0.5, 0.6) is 0 Å². The minimum atomic E-state index is -0.261. The van der Waals surface area contributed by atoms with E-state index in [9.17, 15) is 14.4 Å². The molecule has 1 atom stereocenters. The lowest BCUT2D eigenvalue weighted by atomic mass is 9.94. The van der Waals surface area contributed by atoms with Crippen LogP contribution in [0.25, 0.3) is 0 Å². The van der Waals surface area contributed by atoms with Gasteiger partial charge in [0.2, 0.25) is 5.91 Å². The Bertz CT molecular complexity index is 646. The molecule has 0 spiro atoms. The van der Waals surface area contributed by atoms with E-state index in [0.717, 1.165) is 64.2 Å². The number of carbonyl (C=O) groups is 3. The van der Waals surface area contributed by atoms with E-state index in [0.29, 0.717) is 6.42 Å². The molecule has 0 radical (unpaired) electrons. The van der Waals surface area contributed by atoms with Crippen molar-refractivity contribution in [1.29, 1.82) is 0 Å². The summed E-state index contributed by atoms with van der Waals surface area (Å²) in [6, 6.07) is 0. The van der Waals surface area contributed by atoms with Crippen molar-refractivity contribution in [2.75, 3.05) is 26.3 Å². The number of hydrogen-bond donors (Lipinski definition) is 0. The quantitative estimate of drug-likeness (QED) is 0.0453. The van der Waals surface area contributed by atoms with Gasteiger partial charge in [0.15, 0.2) is 0 Å². The topological polar surface area (TPSA) is 72.9 Å². The molecule has 0 aliphatic heterocycles. The zero-order valence-electron chi connectivity index (χ0n) is 26.9. The normalized spacial score (nSPS) is 11.4. The van der Waals surface area contributed by atoms with Gasteiger partial charge in [0, 0.05) is 6.42 Å². The first-order valence-electron chi connectivity index (χ1n) is 16.4. The van der Waals surface area contributed by atoms with Crippen LogP contribution in [0.1, 0.15) is 144 Å². The van der Waals surface area contributed by atoms with Gasteiger partial charge in [0.05, 0.1) is 19.0 Å². The molecule has 40 heavy (non-hydrogen) atoms. The summed E-state index contributed by atoms with van der Waals surface area (Å²) in [7, 11) is 0. The van der Waals surface area contributed by atoms with Crippen molar-refractivity contribution in [3.05, 3.63) is 24.8 Å². The summed E-state index contributed by atoms with van der Waals surface area (Å²) in [4.78, 5) is 38.6. The number of hydrogen-bond acceptors (Lipinski definition) is 5. The summed E-state index contributed by atoms with van der Waals surface area (Å²) < 4.78 is 10.9. The molecule has 1 amide bonds. The Labute approximate surface area is 247 Å². The zero-order valence-corrected chi connectivity index (χ0v) is 26.9. The van der Waals surface area contributed by atoms with Crippen molar-refractivity contribution in [3.63, 3.8) is 0 Å². The van der Waals surface area contributed by atoms with Gasteiger partial charge in [-0.25, -0.2) is 0 Å². The number of ether oxygens (including phenoxy) is 2. The van der Waals surface area contributed by atoms with Gasteiger partial charge >= 0.3 is 11.9 Å². The van der Waals surface area contributed by atoms with Crippen LogP contribution in [0, 0.1) is 5.92 Å². The Morgan fingerprint density at radius 1 is 0.725 bits per heavy atom. The highest BCUT2D eigenvalue weighted by molar-refractivity contribution is 5.87. The summed E-state index contributed by atoms with van der Waals surface area (Å²) in [5.41, 5.74) is 0. The number of esters is 2. The van der Waals surface area contributed by atoms with Crippen molar-refractivity contribution in [2.45, 2.75) is 144 Å². The molecule has 0 bridgehead atoms.